The van der Waals surface area contributed by atoms with Crippen molar-refractivity contribution >= 4 is 28.9 Å². The molecular weight excluding hydrogens is 508 g/mol. The summed E-state index contributed by atoms with van der Waals surface area (Å²) in [5.41, 5.74) is 7.29. The highest BCUT2D eigenvalue weighted by molar-refractivity contribution is 7.15. The molecule has 9 nitrogen and oxygen atoms in total. The predicted octanol–water partition coefficient (Wildman–Crippen LogP) is 2.70. The van der Waals surface area contributed by atoms with E-state index in [0.717, 1.165) is 21.2 Å². The maximum Gasteiger partial charge on any atom is 0.322 e. The number of rotatable bonds is 8. The molecule has 2 unspecified atom stereocenters. The maximum absolute atomic E-state index is 11.8. The van der Waals surface area contributed by atoms with Crippen LogP contribution in [-0.2, 0) is 20.7 Å². The fraction of sp³-hybridized carbons (Fsp3) is 0.440. The Morgan fingerprint density at radius 1 is 1.25 bits per heavy atom. The highest BCUT2D eigenvalue weighted by Crippen LogP contribution is 2.37. The molecule has 11 heteroatoms. The van der Waals surface area contributed by atoms with Gasteiger partial charge in [-0.25, -0.2) is 4.98 Å². The molecular formula is C25H29ClN2O7S. The minimum atomic E-state index is -1.45. The quantitative estimate of drug-likeness (QED) is 0.319. The Morgan fingerprint density at radius 2 is 2.03 bits per heavy atom. The lowest BCUT2D eigenvalue weighted by atomic mass is 9.85. The number of aliphatic hydroxyl groups excluding tert-OH is 3. The van der Waals surface area contributed by atoms with Gasteiger partial charge in [-0.05, 0) is 41.7 Å². The molecule has 0 spiro atoms. The summed E-state index contributed by atoms with van der Waals surface area (Å²) < 4.78 is 16.2. The zero-order valence-electron chi connectivity index (χ0n) is 19.8. The van der Waals surface area contributed by atoms with Crippen LogP contribution in [0.15, 0.2) is 47.2 Å². The monoisotopic (exact) mass is 536 g/mol. The summed E-state index contributed by atoms with van der Waals surface area (Å²) in [5, 5.41) is 33.2. The van der Waals surface area contributed by atoms with E-state index in [-0.39, 0.29) is 6.42 Å². The Balaban J connectivity index is 1.53. The van der Waals surface area contributed by atoms with Gasteiger partial charge in [0.25, 0.3) is 0 Å². The van der Waals surface area contributed by atoms with Crippen molar-refractivity contribution in [3.63, 3.8) is 0 Å². The van der Waals surface area contributed by atoms with Crippen LogP contribution in [0.1, 0.15) is 35.6 Å². The van der Waals surface area contributed by atoms with Gasteiger partial charge in [0.05, 0.1) is 29.4 Å². The number of hydrogen-bond acceptors (Lipinski definition) is 10. The van der Waals surface area contributed by atoms with Crippen molar-refractivity contribution in [2.24, 2.45) is 11.7 Å². The first-order valence-corrected chi connectivity index (χ1v) is 12.7. The molecule has 3 aromatic rings. The number of thiazole rings is 1. The molecule has 36 heavy (non-hydrogen) atoms. The van der Waals surface area contributed by atoms with E-state index in [1.165, 1.54) is 18.4 Å². The molecule has 0 bridgehead atoms. The van der Waals surface area contributed by atoms with Crippen LogP contribution in [-0.4, -0.2) is 63.8 Å². The van der Waals surface area contributed by atoms with Gasteiger partial charge in [-0.1, -0.05) is 30.7 Å². The number of hydrogen-bond donors (Lipinski definition) is 4. The standard InChI is InChI=1S/C25H29ClN2O7S/c1-12(20(27)25(32)33-2)8-17-21(29)22(30)23(31)24(35-17)13-5-6-15(26)14(9-13)10-19-28-11-18(36-19)16-4-3-7-34-16/h3-7,9,11-12,17,20-24,29-31H,8,10,27H2,1-2H3/t12?,17-,20?,21-,22-,23-,24+/m1/s1. The van der Waals surface area contributed by atoms with E-state index in [9.17, 15) is 20.1 Å². The average molecular weight is 537 g/mol. The zero-order valence-corrected chi connectivity index (χ0v) is 21.4. The smallest absolute Gasteiger partial charge is 0.322 e. The van der Waals surface area contributed by atoms with Crippen molar-refractivity contribution in [3.8, 4) is 10.6 Å². The third-order valence-electron chi connectivity index (χ3n) is 6.46. The summed E-state index contributed by atoms with van der Waals surface area (Å²) in [6.07, 6.45) is -2.02. The van der Waals surface area contributed by atoms with Gasteiger partial charge in [0.2, 0.25) is 0 Å². The molecule has 3 heterocycles. The molecule has 0 radical (unpaired) electrons. The number of nitrogens with two attached hydrogens (primary N) is 1. The minimum absolute atomic E-state index is 0.173. The summed E-state index contributed by atoms with van der Waals surface area (Å²) >= 11 is 7.95. The van der Waals surface area contributed by atoms with E-state index in [2.05, 4.69) is 4.98 Å². The van der Waals surface area contributed by atoms with Gasteiger partial charge in [-0.2, -0.15) is 0 Å². The topological polar surface area (TPSA) is 148 Å². The number of furan rings is 1. The lowest BCUT2D eigenvalue weighted by molar-refractivity contribution is -0.228. The van der Waals surface area contributed by atoms with E-state index >= 15 is 0 Å². The largest absolute Gasteiger partial charge is 0.468 e. The van der Waals surface area contributed by atoms with Crippen molar-refractivity contribution < 1.29 is 34.0 Å². The number of carbonyl (C=O) groups excluding carboxylic acids is 1. The van der Waals surface area contributed by atoms with Gasteiger partial charge in [-0.3, -0.25) is 4.79 Å². The molecule has 1 fully saturated rings. The van der Waals surface area contributed by atoms with E-state index in [0.29, 0.717) is 17.0 Å². The van der Waals surface area contributed by atoms with Crippen LogP contribution in [0.2, 0.25) is 5.02 Å². The molecule has 1 aliphatic rings. The number of esters is 1. The first kappa shape index (κ1) is 26.7. The Labute approximate surface area is 217 Å². The SMILES string of the molecule is COC(=O)C(N)C(C)C[C@H]1O[C@@H](c2ccc(Cl)c(Cc3ncc(-c4ccco4)s3)c2)[C@H](O)[C@H](O)[C@@H]1O. The number of carbonyl (C=O) groups is 1. The molecule has 4 rings (SSSR count). The third kappa shape index (κ3) is 5.65. The van der Waals surface area contributed by atoms with Gasteiger partial charge >= 0.3 is 5.97 Å². The molecule has 2 aromatic heterocycles. The fourth-order valence-corrected chi connectivity index (χ4v) is 5.39. The van der Waals surface area contributed by atoms with Crippen LogP contribution in [0, 0.1) is 5.92 Å². The number of aliphatic hydroxyl groups is 3. The Bertz CT molecular complexity index is 1170. The van der Waals surface area contributed by atoms with Crippen molar-refractivity contribution in [2.75, 3.05) is 7.11 Å². The summed E-state index contributed by atoms with van der Waals surface area (Å²) in [6.45, 7) is 1.73. The number of nitrogens with zero attached hydrogens (tertiary/aromatic N) is 1. The fourth-order valence-electron chi connectivity index (χ4n) is 4.30. The minimum Gasteiger partial charge on any atom is -0.468 e. The van der Waals surface area contributed by atoms with Gasteiger partial charge in [0.15, 0.2) is 0 Å². The van der Waals surface area contributed by atoms with Gasteiger partial charge in [0.1, 0.15) is 36.2 Å². The van der Waals surface area contributed by atoms with Crippen LogP contribution in [0.5, 0.6) is 0 Å². The lowest BCUT2D eigenvalue weighted by Gasteiger charge is -2.42. The second kappa shape index (κ2) is 11.4. The molecule has 7 atom stereocenters. The van der Waals surface area contributed by atoms with Gasteiger partial charge in [0, 0.05) is 17.6 Å². The van der Waals surface area contributed by atoms with E-state index < -0.39 is 48.4 Å². The highest BCUT2D eigenvalue weighted by Gasteiger charge is 2.45. The number of halogens is 1. The van der Waals surface area contributed by atoms with Crippen LogP contribution < -0.4 is 5.73 Å². The Morgan fingerprint density at radius 3 is 2.72 bits per heavy atom. The van der Waals surface area contributed by atoms with Crippen molar-refractivity contribution in [1.82, 2.24) is 4.98 Å². The molecule has 0 amide bonds. The molecule has 1 aliphatic heterocycles. The van der Waals surface area contributed by atoms with E-state index in [1.807, 2.05) is 12.1 Å². The van der Waals surface area contributed by atoms with Crippen LogP contribution in [0.3, 0.4) is 0 Å². The summed E-state index contributed by atoms with van der Waals surface area (Å²) in [6, 6.07) is 7.97. The van der Waals surface area contributed by atoms with E-state index in [1.54, 1.807) is 37.6 Å². The second-order valence-electron chi connectivity index (χ2n) is 8.95. The third-order valence-corrected chi connectivity index (χ3v) is 7.84. The van der Waals surface area contributed by atoms with Gasteiger partial charge < -0.3 is 34.9 Å². The van der Waals surface area contributed by atoms with Gasteiger partial charge in [-0.15, -0.1) is 11.3 Å². The van der Waals surface area contributed by atoms with E-state index in [4.69, 9.17) is 31.2 Å². The predicted molar refractivity (Wildman–Crippen MR) is 133 cm³/mol. The number of methoxy groups -OCH3 is 1. The molecule has 0 saturated carbocycles. The molecule has 5 N–H and O–H groups in total. The number of aromatic nitrogens is 1. The maximum atomic E-state index is 11.8. The van der Waals surface area contributed by atoms with Crippen LogP contribution in [0.4, 0.5) is 0 Å². The Kier molecular flexibility index (Phi) is 8.46. The normalized spacial score (nSPS) is 25.9. The second-order valence-corrected chi connectivity index (χ2v) is 10.5. The van der Waals surface area contributed by atoms with Crippen molar-refractivity contribution in [2.45, 2.75) is 56.3 Å². The first-order valence-electron chi connectivity index (χ1n) is 11.5. The average Bonchev–Trinajstić information content (AvgIpc) is 3.57. The Hall–Kier alpha value is -2.31. The summed E-state index contributed by atoms with van der Waals surface area (Å²) in [4.78, 5) is 17.2. The highest BCUT2D eigenvalue weighted by atomic mass is 35.5. The molecule has 0 aliphatic carbocycles. The lowest BCUT2D eigenvalue weighted by Crippen LogP contribution is -2.55. The van der Waals surface area contributed by atoms with Crippen LogP contribution in [0.25, 0.3) is 10.6 Å². The van der Waals surface area contributed by atoms with Crippen molar-refractivity contribution in [3.05, 3.63) is 63.9 Å². The van der Waals surface area contributed by atoms with Crippen LogP contribution >= 0.6 is 22.9 Å². The first-order chi connectivity index (χ1) is 17.2. The zero-order chi connectivity index (χ0) is 26.0. The number of benzene rings is 1. The summed E-state index contributed by atoms with van der Waals surface area (Å²) in [7, 11) is 1.25. The summed E-state index contributed by atoms with van der Waals surface area (Å²) in [5.74, 6) is -0.254. The molecule has 1 aromatic carbocycles. The molecule has 1 saturated heterocycles. The molecule has 194 valence electrons. The number of ether oxygens (including phenoxy) is 2. The van der Waals surface area contributed by atoms with Crippen molar-refractivity contribution in [1.29, 1.82) is 0 Å².